The van der Waals surface area contributed by atoms with Crippen molar-refractivity contribution in [2.24, 2.45) is 10.9 Å². The summed E-state index contributed by atoms with van der Waals surface area (Å²) in [6.07, 6.45) is 5.64. The number of H-pyrrole nitrogens is 1. The van der Waals surface area contributed by atoms with Crippen molar-refractivity contribution in [3.63, 3.8) is 0 Å². The summed E-state index contributed by atoms with van der Waals surface area (Å²) in [4.78, 5) is 42.9. The first kappa shape index (κ1) is 28.0. The van der Waals surface area contributed by atoms with Crippen LogP contribution in [-0.2, 0) is 19.1 Å². The quantitative estimate of drug-likeness (QED) is 0.226. The Hall–Kier alpha value is -5.01. The van der Waals surface area contributed by atoms with E-state index in [-0.39, 0.29) is 24.7 Å². The van der Waals surface area contributed by atoms with E-state index in [1.165, 1.54) is 7.11 Å². The number of benzene rings is 2. The van der Waals surface area contributed by atoms with E-state index in [0.717, 1.165) is 6.07 Å². The molecule has 10 nitrogen and oxygen atoms in total. The first-order valence-electron chi connectivity index (χ1n) is 12.4. The second kappa shape index (κ2) is 12.2. The van der Waals surface area contributed by atoms with Gasteiger partial charge in [-0.15, -0.1) is 6.42 Å². The van der Waals surface area contributed by atoms with Crippen molar-refractivity contribution in [2.75, 3.05) is 25.6 Å². The van der Waals surface area contributed by atoms with E-state index >= 15 is 0 Å². The largest absolute Gasteiger partial charge is 0.505 e. The molecule has 10 heteroatoms. The molecule has 0 saturated heterocycles. The highest BCUT2D eigenvalue weighted by Gasteiger charge is 2.42. The third-order valence-electron chi connectivity index (χ3n) is 6.48. The first-order valence-corrected chi connectivity index (χ1v) is 12.4. The molecule has 0 bridgehead atoms. The molecule has 0 aliphatic carbocycles. The summed E-state index contributed by atoms with van der Waals surface area (Å²) < 4.78 is 10.5. The number of anilines is 1. The Labute approximate surface area is 230 Å². The average Bonchev–Trinajstić information content (AvgIpc) is 2.93. The van der Waals surface area contributed by atoms with Crippen LogP contribution in [0.1, 0.15) is 30.9 Å². The van der Waals surface area contributed by atoms with Crippen molar-refractivity contribution in [3.8, 4) is 29.4 Å². The molecule has 1 amide bonds. The number of carbonyl (C=O) groups excluding carboxylic acids is 2. The third kappa shape index (κ3) is 6.00. The van der Waals surface area contributed by atoms with Crippen LogP contribution >= 0.6 is 0 Å². The van der Waals surface area contributed by atoms with Crippen LogP contribution in [0.4, 0.5) is 5.69 Å². The number of nitrogens with zero attached hydrogens (tertiary/aromatic N) is 2. The zero-order valence-electron chi connectivity index (χ0n) is 22.2. The minimum Gasteiger partial charge on any atom is -0.505 e. The molecule has 3 aromatic rings. The van der Waals surface area contributed by atoms with Crippen LogP contribution < -0.4 is 10.9 Å². The lowest BCUT2D eigenvalue weighted by Crippen LogP contribution is -2.37. The fraction of sp³-hybridized carbons (Fsp3) is 0.233. The van der Waals surface area contributed by atoms with Crippen LogP contribution in [-0.4, -0.2) is 53.2 Å². The predicted octanol–water partition coefficient (Wildman–Crippen LogP) is 3.40. The standard InChI is InChI=1S/C30H28N4O6/c1-5-19-7-6-8-21(15-19)27-25(17(2)31-18(3)26(27)30(38)40-14-13-39-4)29(37)32-22-11-9-20(10-12-22)28-23(35)16-24(36)33-34-28/h1,6-12,15-16,26-27H,13-14H2,2-4H3,(H,32,37)(H2,33,35,36). The molecular formula is C30H28N4O6. The molecule has 0 saturated carbocycles. The van der Waals surface area contributed by atoms with Crippen LogP contribution in [0.2, 0.25) is 0 Å². The van der Waals surface area contributed by atoms with Crippen LogP contribution in [0, 0.1) is 18.3 Å². The fourth-order valence-corrected chi connectivity index (χ4v) is 4.65. The third-order valence-corrected chi connectivity index (χ3v) is 6.48. The second-order valence-electron chi connectivity index (χ2n) is 9.14. The Morgan fingerprint density at radius 1 is 1.12 bits per heavy atom. The number of hydrogen-bond acceptors (Lipinski definition) is 8. The minimum absolute atomic E-state index is 0.0620. The molecular weight excluding hydrogens is 512 g/mol. The Bertz CT molecular complexity index is 1600. The number of amides is 1. The van der Waals surface area contributed by atoms with E-state index < -0.39 is 29.3 Å². The van der Waals surface area contributed by atoms with Crippen molar-refractivity contribution in [1.29, 1.82) is 0 Å². The van der Waals surface area contributed by atoms with Gasteiger partial charge in [-0.1, -0.05) is 30.2 Å². The molecule has 1 aliphatic heterocycles. The lowest BCUT2D eigenvalue weighted by Gasteiger charge is -2.32. The van der Waals surface area contributed by atoms with Crippen LogP contribution in [0.3, 0.4) is 0 Å². The SMILES string of the molecule is C#Cc1cccc(C2C(C(=O)Nc3ccc(-c4n[nH]c(=O)cc4O)cc3)=C(C)N=C(C)C2C(=O)OCCOC)c1. The van der Waals surface area contributed by atoms with E-state index in [0.29, 0.717) is 39.4 Å². The number of carbonyl (C=O) groups is 2. The number of aromatic amines is 1. The van der Waals surface area contributed by atoms with E-state index in [9.17, 15) is 19.5 Å². The normalized spacial score (nSPS) is 16.6. The van der Waals surface area contributed by atoms with Crippen molar-refractivity contribution in [3.05, 3.63) is 87.3 Å². The highest BCUT2D eigenvalue weighted by Crippen LogP contribution is 2.40. The van der Waals surface area contributed by atoms with E-state index in [1.807, 2.05) is 6.07 Å². The fourth-order valence-electron chi connectivity index (χ4n) is 4.65. The summed E-state index contributed by atoms with van der Waals surface area (Å²) in [7, 11) is 1.51. The number of allylic oxidation sites excluding steroid dienone is 1. The molecule has 4 rings (SSSR count). The van der Waals surface area contributed by atoms with Gasteiger partial charge in [-0.05, 0) is 43.7 Å². The van der Waals surface area contributed by atoms with Gasteiger partial charge in [-0.3, -0.25) is 19.4 Å². The Morgan fingerprint density at radius 3 is 2.55 bits per heavy atom. The molecule has 1 aromatic heterocycles. The highest BCUT2D eigenvalue weighted by atomic mass is 16.6. The van der Waals surface area contributed by atoms with Gasteiger partial charge in [-0.25, -0.2) is 5.10 Å². The van der Waals surface area contributed by atoms with Crippen LogP contribution in [0.15, 0.2) is 75.7 Å². The summed E-state index contributed by atoms with van der Waals surface area (Å²) in [6, 6.07) is 14.7. The summed E-state index contributed by atoms with van der Waals surface area (Å²) in [5.41, 5.74) is 3.23. The lowest BCUT2D eigenvalue weighted by atomic mass is 9.75. The zero-order valence-corrected chi connectivity index (χ0v) is 22.2. The number of ether oxygens (including phenoxy) is 2. The van der Waals surface area contributed by atoms with Gasteiger partial charge in [-0.2, -0.15) is 5.10 Å². The van der Waals surface area contributed by atoms with Crippen molar-refractivity contribution >= 4 is 23.3 Å². The van der Waals surface area contributed by atoms with Crippen molar-refractivity contribution in [2.45, 2.75) is 19.8 Å². The maximum Gasteiger partial charge on any atom is 0.315 e. The Kier molecular flexibility index (Phi) is 8.57. The smallest absolute Gasteiger partial charge is 0.315 e. The minimum atomic E-state index is -0.856. The molecule has 0 fully saturated rings. The number of aromatic nitrogens is 2. The number of hydrogen-bond donors (Lipinski definition) is 3. The topological polar surface area (TPSA) is 143 Å². The number of nitrogens with one attached hydrogen (secondary N) is 2. The number of methoxy groups -OCH3 is 1. The van der Waals surface area contributed by atoms with Gasteiger partial charge in [0, 0.05) is 52.9 Å². The van der Waals surface area contributed by atoms with Crippen molar-refractivity contribution < 1.29 is 24.2 Å². The van der Waals surface area contributed by atoms with Gasteiger partial charge in [0.2, 0.25) is 0 Å². The molecule has 204 valence electrons. The van der Waals surface area contributed by atoms with E-state index in [1.54, 1.807) is 56.3 Å². The number of aliphatic imine (C=N–C) groups is 1. The predicted molar refractivity (Wildman–Crippen MR) is 150 cm³/mol. The van der Waals surface area contributed by atoms with Gasteiger partial charge < -0.3 is 19.9 Å². The summed E-state index contributed by atoms with van der Waals surface area (Å²) in [5, 5.41) is 19.1. The van der Waals surface area contributed by atoms with Gasteiger partial charge in [0.25, 0.3) is 11.5 Å². The number of rotatable bonds is 8. The maximum atomic E-state index is 13.8. The average molecular weight is 541 g/mol. The summed E-state index contributed by atoms with van der Waals surface area (Å²) >= 11 is 0. The zero-order chi connectivity index (χ0) is 28.8. The Balaban J connectivity index is 1.68. The summed E-state index contributed by atoms with van der Waals surface area (Å²) in [5.74, 6) is -0.196. The van der Waals surface area contributed by atoms with Crippen LogP contribution in [0.25, 0.3) is 11.3 Å². The van der Waals surface area contributed by atoms with Gasteiger partial charge >= 0.3 is 5.97 Å². The monoisotopic (exact) mass is 540 g/mol. The highest BCUT2D eigenvalue weighted by molar-refractivity contribution is 6.11. The number of esters is 1. The molecule has 0 spiro atoms. The molecule has 2 atom stereocenters. The summed E-state index contributed by atoms with van der Waals surface area (Å²) in [6.45, 7) is 3.75. The molecule has 2 heterocycles. The van der Waals surface area contributed by atoms with E-state index in [4.69, 9.17) is 15.9 Å². The molecule has 2 unspecified atom stereocenters. The molecule has 0 radical (unpaired) electrons. The molecule has 1 aliphatic rings. The first-order chi connectivity index (χ1) is 19.2. The molecule has 40 heavy (non-hydrogen) atoms. The molecule has 3 N–H and O–H groups in total. The number of terminal acetylenes is 1. The molecule has 2 aromatic carbocycles. The van der Waals surface area contributed by atoms with Gasteiger partial charge in [0.1, 0.15) is 24.0 Å². The van der Waals surface area contributed by atoms with Gasteiger partial charge in [0.15, 0.2) is 0 Å². The van der Waals surface area contributed by atoms with E-state index in [2.05, 4.69) is 26.4 Å². The van der Waals surface area contributed by atoms with Crippen molar-refractivity contribution in [1.82, 2.24) is 10.2 Å². The maximum absolute atomic E-state index is 13.8. The van der Waals surface area contributed by atoms with Crippen LogP contribution in [0.5, 0.6) is 5.75 Å². The van der Waals surface area contributed by atoms with Gasteiger partial charge in [0.05, 0.1) is 6.61 Å². The second-order valence-corrected chi connectivity index (χ2v) is 9.14. The lowest BCUT2D eigenvalue weighted by molar-refractivity contribution is -0.147. The number of aromatic hydroxyl groups is 1. The Morgan fingerprint density at radius 2 is 1.88 bits per heavy atom.